The molecule has 0 unspecified atom stereocenters. The fraction of sp³-hybridized carbons (Fsp3) is 0.160. The molecule has 1 saturated heterocycles. The van der Waals surface area contributed by atoms with Crippen molar-refractivity contribution >= 4 is 52.2 Å². The lowest BCUT2D eigenvalue weighted by molar-refractivity contribution is -0.127. The molecule has 1 aliphatic rings. The molecule has 2 aromatic carbocycles. The summed E-state index contributed by atoms with van der Waals surface area (Å²) in [6.45, 7) is 3.32. The summed E-state index contributed by atoms with van der Waals surface area (Å²) in [6, 6.07) is 13.0. The molecule has 0 spiro atoms. The molecule has 1 fully saturated rings. The number of ether oxygens (including phenoxy) is 1. The van der Waals surface area contributed by atoms with Crippen LogP contribution in [0.2, 0.25) is 5.02 Å². The van der Waals surface area contributed by atoms with Crippen LogP contribution < -0.4 is 10.1 Å². The van der Waals surface area contributed by atoms with Crippen molar-refractivity contribution in [3.8, 4) is 11.4 Å². The lowest BCUT2D eigenvalue weighted by Crippen LogP contribution is -2.36. The summed E-state index contributed by atoms with van der Waals surface area (Å²) in [5.41, 5.74) is 3.54. The molecule has 0 aliphatic carbocycles. The molecule has 1 aromatic heterocycles. The number of halogens is 2. The fourth-order valence-electron chi connectivity index (χ4n) is 3.75. The highest BCUT2D eigenvalue weighted by molar-refractivity contribution is 8.18. The van der Waals surface area contributed by atoms with Crippen LogP contribution in [0.5, 0.6) is 5.75 Å². The normalized spacial score (nSPS) is 14.7. The summed E-state index contributed by atoms with van der Waals surface area (Å²) in [7, 11) is 1.54. The maximum Gasteiger partial charge on any atom is 0.294 e. The summed E-state index contributed by atoms with van der Waals surface area (Å²) in [5.74, 6) is -0.909. The van der Waals surface area contributed by atoms with Gasteiger partial charge in [-0.3, -0.25) is 19.3 Å². The Balaban J connectivity index is 1.51. The van der Waals surface area contributed by atoms with Gasteiger partial charge in [-0.15, -0.1) is 0 Å². The summed E-state index contributed by atoms with van der Waals surface area (Å²) in [6.07, 6.45) is 1.62. The smallest absolute Gasteiger partial charge is 0.294 e. The average Bonchev–Trinajstić information content (AvgIpc) is 3.25. The molecule has 0 radical (unpaired) electrons. The number of hydrogen-bond donors (Lipinski definition) is 1. The minimum absolute atomic E-state index is 0.00517. The van der Waals surface area contributed by atoms with Gasteiger partial charge in [0.1, 0.15) is 18.1 Å². The number of carbonyl (C=O) groups excluding carboxylic acids is 3. The molecular weight excluding hydrogens is 493 g/mol. The van der Waals surface area contributed by atoms with Crippen LogP contribution in [-0.4, -0.2) is 40.2 Å². The Morgan fingerprint density at radius 2 is 1.86 bits per heavy atom. The molecule has 3 aromatic rings. The molecule has 3 amide bonds. The number of aromatic nitrogens is 1. The van der Waals surface area contributed by atoms with E-state index in [0.29, 0.717) is 17.1 Å². The van der Waals surface area contributed by atoms with Crippen LogP contribution in [0.15, 0.2) is 53.4 Å². The van der Waals surface area contributed by atoms with E-state index in [2.05, 4.69) is 5.32 Å². The second-order valence-electron chi connectivity index (χ2n) is 7.80. The molecule has 10 heteroatoms. The van der Waals surface area contributed by atoms with Crippen molar-refractivity contribution in [3.63, 3.8) is 0 Å². The molecule has 7 nitrogen and oxygen atoms in total. The minimum Gasteiger partial charge on any atom is -0.497 e. The zero-order valence-electron chi connectivity index (χ0n) is 19.1. The first-order valence-corrected chi connectivity index (χ1v) is 11.7. The first-order chi connectivity index (χ1) is 16.7. The molecule has 0 saturated carbocycles. The maximum absolute atomic E-state index is 13.6. The molecular formula is C25H21ClFN3O4S. The minimum atomic E-state index is -0.542. The van der Waals surface area contributed by atoms with Gasteiger partial charge >= 0.3 is 0 Å². The van der Waals surface area contributed by atoms with Gasteiger partial charge in [0.2, 0.25) is 5.91 Å². The van der Waals surface area contributed by atoms with Crippen molar-refractivity contribution in [3.05, 3.63) is 81.2 Å². The Labute approximate surface area is 210 Å². The van der Waals surface area contributed by atoms with Crippen molar-refractivity contribution in [1.29, 1.82) is 0 Å². The van der Waals surface area contributed by atoms with Crippen LogP contribution in [0, 0.1) is 19.7 Å². The number of aryl methyl sites for hydroxylation is 1. The van der Waals surface area contributed by atoms with Gasteiger partial charge in [0.15, 0.2) is 0 Å². The van der Waals surface area contributed by atoms with Gasteiger partial charge in [-0.25, -0.2) is 4.39 Å². The Kier molecular flexibility index (Phi) is 7.00. The second kappa shape index (κ2) is 9.97. The third-order valence-corrected chi connectivity index (χ3v) is 6.66. The van der Waals surface area contributed by atoms with Gasteiger partial charge in [-0.05, 0) is 85.8 Å². The van der Waals surface area contributed by atoms with E-state index < -0.39 is 29.4 Å². The Hall–Kier alpha value is -3.56. The number of thioether (sulfide) groups is 1. The number of anilines is 1. The molecule has 4 rings (SSSR count). The van der Waals surface area contributed by atoms with Crippen LogP contribution >= 0.6 is 23.4 Å². The summed E-state index contributed by atoms with van der Waals surface area (Å²) >= 11 is 6.72. The van der Waals surface area contributed by atoms with E-state index in [-0.39, 0.29) is 9.93 Å². The highest BCUT2D eigenvalue weighted by atomic mass is 35.5. The number of methoxy groups -OCH3 is 1. The number of benzene rings is 2. The third kappa shape index (κ3) is 5.11. The summed E-state index contributed by atoms with van der Waals surface area (Å²) in [5, 5.41) is 2.14. The first kappa shape index (κ1) is 24.6. The van der Waals surface area contributed by atoms with Crippen molar-refractivity contribution < 1.29 is 23.5 Å². The van der Waals surface area contributed by atoms with Gasteiger partial charge in [0.25, 0.3) is 11.1 Å². The number of imide groups is 1. The van der Waals surface area contributed by atoms with E-state index in [4.69, 9.17) is 16.3 Å². The van der Waals surface area contributed by atoms with Gasteiger partial charge in [0.05, 0.1) is 17.0 Å². The zero-order chi connectivity index (χ0) is 25.3. The van der Waals surface area contributed by atoms with Crippen LogP contribution in [0.25, 0.3) is 11.8 Å². The standard InChI is InChI=1S/C25H21ClFN3O4S/c1-14-10-16(15(2)30(14)18-6-9-21(27)20(26)12-18)11-22-24(32)29(25(33)35-22)13-23(31)28-17-4-7-19(34-3)8-5-17/h4-12H,13H2,1-3H3,(H,28,31)/b22-11+. The van der Waals surface area contributed by atoms with E-state index in [1.54, 1.807) is 36.4 Å². The van der Waals surface area contributed by atoms with Crippen molar-refractivity contribution in [2.45, 2.75) is 13.8 Å². The van der Waals surface area contributed by atoms with Crippen LogP contribution in [0.1, 0.15) is 17.0 Å². The first-order valence-electron chi connectivity index (χ1n) is 10.5. The number of hydrogen-bond acceptors (Lipinski definition) is 5. The molecule has 0 atom stereocenters. The maximum atomic E-state index is 13.6. The van der Waals surface area contributed by atoms with E-state index >= 15 is 0 Å². The highest BCUT2D eigenvalue weighted by Gasteiger charge is 2.36. The third-order valence-electron chi connectivity index (χ3n) is 5.47. The molecule has 180 valence electrons. The van der Waals surface area contributed by atoms with Crippen molar-refractivity contribution in [1.82, 2.24) is 9.47 Å². The largest absolute Gasteiger partial charge is 0.497 e. The Morgan fingerprint density at radius 1 is 1.14 bits per heavy atom. The van der Waals surface area contributed by atoms with E-state index in [9.17, 15) is 18.8 Å². The summed E-state index contributed by atoms with van der Waals surface area (Å²) < 4.78 is 20.5. The molecule has 1 N–H and O–H groups in total. The number of nitrogens with one attached hydrogen (secondary N) is 1. The zero-order valence-corrected chi connectivity index (χ0v) is 20.7. The lowest BCUT2D eigenvalue weighted by atomic mass is 10.2. The molecule has 35 heavy (non-hydrogen) atoms. The highest BCUT2D eigenvalue weighted by Crippen LogP contribution is 2.34. The number of rotatable bonds is 6. The molecule has 1 aliphatic heterocycles. The number of carbonyl (C=O) groups is 3. The lowest BCUT2D eigenvalue weighted by Gasteiger charge is -2.12. The van der Waals surface area contributed by atoms with E-state index in [1.165, 1.54) is 19.2 Å². The van der Waals surface area contributed by atoms with Gasteiger partial charge < -0.3 is 14.6 Å². The predicted octanol–water partition coefficient (Wildman–Crippen LogP) is 5.57. The van der Waals surface area contributed by atoms with Gasteiger partial charge in [-0.1, -0.05) is 11.6 Å². The Bertz CT molecular complexity index is 1370. The van der Waals surface area contributed by atoms with Gasteiger partial charge in [-0.2, -0.15) is 0 Å². The van der Waals surface area contributed by atoms with E-state index in [1.807, 2.05) is 24.5 Å². The van der Waals surface area contributed by atoms with Crippen molar-refractivity contribution in [2.24, 2.45) is 0 Å². The quantitative estimate of drug-likeness (QED) is 0.436. The summed E-state index contributed by atoms with van der Waals surface area (Å²) in [4.78, 5) is 38.9. The average molecular weight is 514 g/mol. The number of nitrogens with zero attached hydrogens (tertiary/aromatic N) is 2. The van der Waals surface area contributed by atoms with E-state index in [0.717, 1.165) is 33.6 Å². The topological polar surface area (TPSA) is 80.6 Å². The number of amides is 3. The molecule has 2 heterocycles. The predicted molar refractivity (Wildman–Crippen MR) is 135 cm³/mol. The van der Waals surface area contributed by atoms with Crippen LogP contribution in [0.3, 0.4) is 0 Å². The fourth-order valence-corrected chi connectivity index (χ4v) is 4.76. The van der Waals surface area contributed by atoms with Gasteiger partial charge in [0, 0.05) is 22.8 Å². The SMILES string of the molecule is COc1ccc(NC(=O)CN2C(=O)S/C(=C/c3cc(C)n(-c4ccc(F)c(Cl)c4)c3C)C2=O)cc1. The second-order valence-corrected chi connectivity index (χ2v) is 9.21. The molecule has 0 bridgehead atoms. The Morgan fingerprint density at radius 3 is 2.51 bits per heavy atom. The van der Waals surface area contributed by atoms with Crippen molar-refractivity contribution in [2.75, 3.05) is 19.0 Å². The van der Waals surface area contributed by atoms with Crippen LogP contribution in [-0.2, 0) is 9.59 Å². The monoisotopic (exact) mass is 513 g/mol. The van der Waals surface area contributed by atoms with Crippen LogP contribution in [0.4, 0.5) is 14.9 Å².